The van der Waals surface area contributed by atoms with Gasteiger partial charge in [-0.05, 0) is 32.4 Å². The molecule has 0 spiro atoms. The van der Waals surface area contributed by atoms with Crippen LogP contribution in [0.15, 0.2) is 54.6 Å². The molecule has 0 aliphatic carbocycles. The van der Waals surface area contributed by atoms with Crippen LogP contribution in [-0.2, 0) is 19.1 Å². The zero-order valence-corrected chi connectivity index (χ0v) is 17.0. The zero-order valence-electron chi connectivity index (χ0n) is 17.0. The largest absolute Gasteiger partial charge is 0.451 e. The Hall–Kier alpha value is -3.68. The van der Waals surface area contributed by atoms with E-state index in [9.17, 15) is 19.2 Å². The third-order valence-electron chi connectivity index (χ3n) is 4.68. The van der Waals surface area contributed by atoms with Crippen molar-refractivity contribution in [1.29, 1.82) is 0 Å². The van der Waals surface area contributed by atoms with Crippen molar-refractivity contribution < 1.29 is 23.9 Å². The summed E-state index contributed by atoms with van der Waals surface area (Å²) in [4.78, 5) is 49.5. The number of amides is 4. The van der Waals surface area contributed by atoms with Gasteiger partial charge in [0.25, 0.3) is 11.8 Å². The zero-order chi connectivity index (χ0) is 21.9. The smallest absolute Gasteiger partial charge is 0.327 e. The molecule has 2 N–H and O–H groups in total. The molecule has 8 nitrogen and oxygen atoms in total. The molecule has 0 radical (unpaired) electrons. The first-order valence-corrected chi connectivity index (χ1v) is 9.48. The van der Waals surface area contributed by atoms with Gasteiger partial charge in [0.1, 0.15) is 12.1 Å². The van der Waals surface area contributed by atoms with E-state index < -0.39 is 42.0 Å². The summed E-state index contributed by atoms with van der Waals surface area (Å²) in [6.45, 7) is 3.94. The third-order valence-corrected chi connectivity index (χ3v) is 4.68. The summed E-state index contributed by atoms with van der Waals surface area (Å²) in [6.07, 6.45) is -1.12. The van der Waals surface area contributed by atoms with Gasteiger partial charge in [0.2, 0.25) is 0 Å². The number of hydrogen-bond acceptors (Lipinski definition) is 5. The fraction of sp³-hybridized carbons (Fsp3) is 0.273. The van der Waals surface area contributed by atoms with E-state index in [1.54, 1.807) is 26.0 Å². The Bertz CT molecular complexity index is 987. The second-order valence-corrected chi connectivity index (χ2v) is 7.48. The van der Waals surface area contributed by atoms with Crippen LogP contribution in [-0.4, -0.2) is 46.9 Å². The number of para-hydroxylation sites is 1. The maximum atomic E-state index is 12.6. The van der Waals surface area contributed by atoms with Crippen LogP contribution >= 0.6 is 0 Å². The van der Waals surface area contributed by atoms with E-state index in [4.69, 9.17) is 4.74 Å². The van der Waals surface area contributed by atoms with Crippen molar-refractivity contribution in [3.63, 3.8) is 0 Å². The summed E-state index contributed by atoms with van der Waals surface area (Å²) < 4.78 is 5.13. The van der Waals surface area contributed by atoms with Crippen molar-refractivity contribution in [2.45, 2.75) is 32.4 Å². The molecular weight excluding hydrogens is 386 g/mol. The molecule has 0 saturated carbocycles. The Morgan fingerprint density at radius 2 is 1.70 bits per heavy atom. The first-order valence-electron chi connectivity index (χ1n) is 9.48. The lowest BCUT2D eigenvalue weighted by Gasteiger charge is -2.18. The van der Waals surface area contributed by atoms with Crippen molar-refractivity contribution in [3.05, 3.63) is 54.6 Å². The number of nitrogens with zero attached hydrogens (tertiary/aromatic N) is 1. The normalized spacial score (nSPS) is 16.0. The molecule has 1 fully saturated rings. The number of urea groups is 1. The maximum absolute atomic E-state index is 12.6. The molecule has 3 rings (SSSR count). The van der Waals surface area contributed by atoms with Crippen LogP contribution in [0.1, 0.15) is 20.8 Å². The molecular formula is C22H23N3O5. The van der Waals surface area contributed by atoms with Gasteiger partial charge in [0.15, 0.2) is 6.10 Å². The van der Waals surface area contributed by atoms with Crippen molar-refractivity contribution in [2.75, 3.05) is 11.9 Å². The van der Waals surface area contributed by atoms with Crippen molar-refractivity contribution >= 4 is 29.5 Å². The standard InChI is InChI=1S/C22H23N3O5/c1-14(30-18(26)13-25-20(28)22(2,3)24-21(25)29)19(27)23-17-12-8-7-11-16(17)15-9-5-4-6-10-15/h4-12,14H,13H2,1-3H3,(H,23,27)(H,24,29). The Morgan fingerprint density at radius 3 is 2.33 bits per heavy atom. The van der Waals surface area contributed by atoms with E-state index >= 15 is 0 Å². The van der Waals surface area contributed by atoms with Gasteiger partial charge in [-0.15, -0.1) is 0 Å². The monoisotopic (exact) mass is 409 g/mol. The highest BCUT2D eigenvalue weighted by molar-refractivity contribution is 6.08. The SMILES string of the molecule is CC(OC(=O)CN1C(=O)NC(C)(C)C1=O)C(=O)Nc1ccccc1-c1ccccc1. The van der Waals surface area contributed by atoms with Crippen molar-refractivity contribution in [2.24, 2.45) is 0 Å². The first-order chi connectivity index (χ1) is 14.2. The van der Waals surface area contributed by atoms with Crippen LogP contribution < -0.4 is 10.6 Å². The second-order valence-electron chi connectivity index (χ2n) is 7.48. The first kappa shape index (κ1) is 21.0. The van der Waals surface area contributed by atoms with E-state index in [1.807, 2.05) is 42.5 Å². The van der Waals surface area contributed by atoms with Gasteiger partial charge in [-0.1, -0.05) is 48.5 Å². The minimum Gasteiger partial charge on any atom is -0.451 e. The Balaban J connectivity index is 1.63. The van der Waals surface area contributed by atoms with Crippen molar-refractivity contribution in [3.8, 4) is 11.1 Å². The highest BCUT2D eigenvalue weighted by Crippen LogP contribution is 2.27. The number of hydrogen-bond donors (Lipinski definition) is 2. The van der Waals surface area contributed by atoms with Gasteiger partial charge >= 0.3 is 12.0 Å². The molecule has 1 aliphatic rings. The second kappa shape index (κ2) is 8.36. The number of ether oxygens (including phenoxy) is 1. The summed E-state index contributed by atoms with van der Waals surface area (Å²) in [7, 11) is 0. The summed E-state index contributed by atoms with van der Waals surface area (Å²) in [6, 6.07) is 16.2. The lowest BCUT2D eigenvalue weighted by atomic mass is 10.0. The summed E-state index contributed by atoms with van der Waals surface area (Å²) >= 11 is 0. The molecule has 2 aromatic carbocycles. The summed E-state index contributed by atoms with van der Waals surface area (Å²) in [5, 5.41) is 5.24. The lowest BCUT2D eigenvalue weighted by Crippen LogP contribution is -2.42. The topological polar surface area (TPSA) is 105 Å². The van der Waals surface area contributed by atoms with Crippen LogP contribution in [0, 0.1) is 0 Å². The van der Waals surface area contributed by atoms with E-state index in [-0.39, 0.29) is 0 Å². The molecule has 8 heteroatoms. The number of benzene rings is 2. The van der Waals surface area contributed by atoms with Crippen LogP contribution in [0.3, 0.4) is 0 Å². The molecule has 0 aromatic heterocycles. The molecule has 2 aromatic rings. The number of esters is 1. The molecule has 1 saturated heterocycles. The molecule has 1 aliphatic heterocycles. The summed E-state index contributed by atoms with van der Waals surface area (Å²) in [5.41, 5.74) is 1.25. The quantitative estimate of drug-likeness (QED) is 0.564. The van der Waals surface area contributed by atoms with Gasteiger partial charge in [-0.2, -0.15) is 0 Å². The van der Waals surface area contributed by atoms with E-state index in [0.29, 0.717) is 5.69 Å². The van der Waals surface area contributed by atoms with Crippen LogP contribution in [0.25, 0.3) is 11.1 Å². The van der Waals surface area contributed by atoms with Crippen molar-refractivity contribution in [1.82, 2.24) is 10.2 Å². The van der Waals surface area contributed by atoms with Gasteiger partial charge < -0.3 is 15.4 Å². The number of nitrogens with one attached hydrogen (secondary N) is 2. The number of rotatable bonds is 6. The van der Waals surface area contributed by atoms with Gasteiger partial charge in [-0.3, -0.25) is 19.3 Å². The Morgan fingerprint density at radius 1 is 1.07 bits per heavy atom. The average molecular weight is 409 g/mol. The summed E-state index contributed by atoms with van der Waals surface area (Å²) in [5.74, 6) is -1.90. The number of carbonyl (C=O) groups is 4. The van der Waals surface area contributed by atoms with E-state index in [0.717, 1.165) is 16.0 Å². The minimum atomic E-state index is -1.12. The molecule has 4 amide bonds. The highest BCUT2D eigenvalue weighted by atomic mass is 16.5. The number of imide groups is 1. The van der Waals surface area contributed by atoms with Crippen LogP contribution in [0.4, 0.5) is 10.5 Å². The average Bonchev–Trinajstić information content (AvgIpc) is 2.90. The van der Waals surface area contributed by atoms with Crippen LogP contribution in [0.2, 0.25) is 0 Å². The van der Waals surface area contributed by atoms with Gasteiger partial charge in [-0.25, -0.2) is 4.79 Å². The molecule has 1 unspecified atom stereocenters. The van der Waals surface area contributed by atoms with Gasteiger partial charge in [0.05, 0.1) is 0 Å². The predicted molar refractivity (Wildman–Crippen MR) is 110 cm³/mol. The number of carbonyl (C=O) groups excluding carboxylic acids is 4. The fourth-order valence-electron chi connectivity index (χ4n) is 3.07. The predicted octanol–water partition coefficient (Wildman–Crippen LogP) is 2.55. The lowest BCUT2D eigenvalue weighted by molar-refractivity contribution is -0.155. The highest BCUT2D eigenvalue weighted by Gasteiger charge is 2.45. The van der Waals surface area contributed by atoms with Gasteiger partial charge in [0, 0.05) is 11.3 Å². The number of anilines is 1. The molecule has 1 heterocycles. The minimum absolute atomic E-state index is 0.524. The molecule has 30 heavy (non-hydrogen) atoms. The van der Waals surface area contributed by atoms with Crippen LogP contribution in [0.5, 0.6) is 0 Å². The fourth-order valence-corrected chi connectivity index (χ4v) is 3.07. The third kappa shape index (κ3) is 4.48. The Labute approximate surface area is 174 Å². The molecule has 0 bridgehead atoms. The molecule has 156 valence electrons. The maximum Gasteiger partial charge on any atom is 0.327 e. The Kier molecular flexibility index (Phi) is 5.86. The van der Waals surface area contributed by atoms with E-state index in [2.05, 4.69) is 10.6 Å². The molecule has 1 atom stereocenters. The van der Waals surface area contributed by atoms with E-state index in [1.165, 1.54) is 6.92 Å².